The van der Waals surface area contributed by atoms with Crippen molar-refractivity contribution in [3.05, 3.63) is 35.4 Å². The second-order valence-corrected chi connectivity index (χ2v) is 5.97. The number of hydrogen-bond donors (Lipinski definition) is 1. The first-order valence-electron chi connectivity index (χ1n) is 6.92. The first-order valence-corrected chi connectivity index (χ1v) is 6.92. The van der Waals surface area contributed by atoms with Crippen molar-refractivity contribution in [1.82, 2.24) is 0 Å². The van der Waals surface area contributed by atoms with Crippen molar-refractivity contribution < 1.29 is 24.1 Å². The fourth-order valence-electron chi connectivity index (χ4n) is 3.44. The fraction of sp³-hybridized carbons (Fsp3) is 0.600. The highest BCUT2D eigenvalue weighted by atomic mass is 16.8. The molecule has 0 aromatic heterocycles. The third-order valence-electron chi connectivity index (χ3n) is 4.21. The van der Waals surface area contributed by atoms with Crippen LogP contribution in [-0.4, -0.2) is 35.8 Å². The van der Waals surface area contributed by atoms with E-state index in [1.54, 1.807) is 0 Å². The number of ether oxygens (including phenoxy) is 4. The second kappa shape index (κ2) is 4.02. The Morgan fingerprint density at radius 3 is 2.80 bits per heavy atom. The third-order valence-corrected chi connectivity index (χ3v) is 4.21. The Kier molecular flexibility index (Phi) is 2.56. The molecule has 1 N–H and O–H groups in total. The van der Waals surface area contributed by atoms with Crippen molar-refractivity contribution in [2.75, 3.05) is 6.61 Å². The van der Waals surface area contributed by atoms with Crippen molar-refractivity contribution in [3.63, 3.8) is 0 Å². The topological polar surface area (TPSA) is 57.2 Å². The van der Waals surface area contributed by atoms with Gasteiger partial charge in [-0.25, -0.2) is 0 Å². The van der Waals surface area contributed by atoms with Crippen LogP contribution in [0.25, 0.3) is 0 Å². The van der Waals surface area contributed by atoms with E-state index < -0.39 is 17.7 Å². The van der Waals surface area contributed by atoms with Crippen LogP contribution >= 0.6 is 0 Å². The summed E-state index contributed by atoms with van der Waals surface area (Å²) in [6.07, 6.45) is -1.12. The van der Waals surface area contributed by atoms with E-state index in [-0.39, 0.29) is 18.8 Å². The highest BCUT2D eigenvalue weighted by molar-refractivity contribution is 5.36. The molecule has 5 heteroatoms. The van der Waals surface area contributed by atoms with Crippen LogP contribution < -0.4 is 0 Å². The molecule has 0 aliphatic carbocycles. The van der Waals surface area contributed by atoms with E-state index in [2.05, 4.69) is 0 Å². The Balaban J connectivity index is 1.80. The maximum Gasteiger partial charge on any atom is 0.226 e. The molecule has 4 rings (SSSR count). The summed E-state index contributed by atoms with van der Waals surface area (Å²) in [6.45, 7) is 4.11. The normalized spacial score (nSPS) is 41.0. The Morgan fingerprint density at radius 2 is 2.00 bits per heavy atom. The lowest BCUT2D eigenvalue weighted by Crippen LogP contribution is -2.40. The number of benzene rings is 1. The molecule has 1 aromatic rings. The third kappa shape index (κ3) is 1.55. The van der Waals surface area contributed by atoms with E-state index in [0.29, 0.717) is 6.61 Å². The van der Waals surface area contributed by atoms with Crippen LogP contribution in [0.1, 0.15) is 25.0 Å². The molecule has 0 amide bonds. The molecule has 5 nitrogen and oxygen atoms in total. The molecule has 2 saturated heterocycles. The Bertz CT molecular complexity index is 543. The Hall–Kier alpha value is -0.980. The van der Waals surface area contributed by atoms with E-state index in [1.165, 1.54) is 0 Å². The average molecular weight is 278 g/mol. The predicted molar refractivity (Wildman–Crippen MR) is 68.7 cm³/mol. The van der Waals surface area contributed by atoms with E-state index in [0.717, 1.165) is 11.1 Å². The van der Waals surface area contributed by atoms with Gasteiger partial charge in [-0.2, -0.15) is 0 Å². The van der Waals surface area contributed by atoms with Crippen molar-refractivity contribution in [1.29, 1.82) is 0 Å². The molecular weight excluding hydrogens is 260 g/mol. The van der Waals surface area contributed by atoms with Gasteiger partial charge in [0.2, 0.25) is 5.79 Å². The first-order chi connectivity index (χ1) is 9.56. The van der Waals surface area contributed by atoms with Crippen molar-refractivity contribution in [2.24, 2.45) is 0 Å². The molecule has 3 aliphatic heterocycles. The van der Waals surface area contributed by atoms with Gasteiger partial charge in [-0.15, -0.1) is 0 Å². The van der Waals surface area contributed by atoms with E-state index in [4.69, 9.17) is 18.9 Å². The van der Waals surface area contributed by atoms with Crippen molar-refractivity contribution in [2.45, 2.75) is 50.3 Å². The van der Waals surface area contributed by atoms with Gasteiger partial charge >= 0.3 is 0 Å². The molecule has 4 atom stereocenters. The van der Waals surface area contributed by atoms with Gasteiger partial charge in [0, 0.05) is 5.56 Å². The summed E-state index contributed by atoms with van der Waals surface area (Å²) in [5.41, 5.74) is 2.07. The van der Waals surface area contributed by atoms with Gasteiger partial charge < -0.3 is 24.1 Å². The smallest absolute Gasteiger partial charge is 0.226 e. The number of aliphatic hydroxyl groups excluding tert-OH is 1. The monoisotopic (exact) mass is 278 g/mol. The van der Waals surface area contributed by atoms with Crippen LogP contribution in [0.5, 0.6) is 0 Å². The van der Waals surface area contributed by atoms with E-state index >= 15 is 0 Å². The first kappa shape index (κ1) is 12.7. The Labute approximate surface area is 117 Å². The Morgan fingerprint density at radius 1 is 1.20 bits per heavy atom. The lowest BCUT2D eigenvalue weighted by molar-refractivity contribution is -0.297. The number of fused-ring (bicyclic) bond motifs is 4. The fourth-order valence-corrected chi connectivity index (χ4v) is 3.44. The molecule has 0 bridgehead atoms. The molecule has 1 spiro atoms. The number of aliphatic hydroxyl groups is 1. The zero-order valence-corrected chi connectivity index (χ0v) is 11.5. The summed E-state index contributed by atoms with van der Waals surface area (Å²) in [4.78, 5) is 0. The maximum absolute atomic E-state index is 9.56. The zero-order chi connectivity index (χ0) is 14.0. The maximum atomic E-state index is 9.56. The van der Waals surface area contributed by atoms with Gasteiger partial charge in [-0.1, -0.05) is 24.3 Å². The van der Waals surface area contributed by atoms with Crippen LogP contribution in [0.4, 0.5) is 0 Å². The molecular formula is C15H18O5. The van der Waals surface area contributed by atoms with Crippen LogP contribution in [0.3, 0.4) is 0 Å². The van der Waals surface area contributed by atoms with Crippen LogP contribution in [0.2, 0.25) is 0 Å². The summed E-state index contributed by atoms with van der Waals surface area (Å²) in [7, 11) is 0. The molecule has 2 unspecified atom stereocenters. The average Bonchev–Trinajstić information content (AvgIpc) is 3.03. The zero-order valence-electron chi connectivity index (χ0n) is 11.5. The SMILES string of the molecule is CC1(C)O[C@@H]2C(CO)OC3(OCc4ccccc43)[C@@H]2O1. The summed E-state index contributed by atoms with van der Waals surface area (Å²) >= 11 is 0. The molecule has 0 radical (unpaired) electrons. The van der Waals surface area contributed by atoms with Gasteiger partial charge in [-0.3, -0.25) is 0 Å². The van der Waals surface area contributed by atoms with Gasteiger partial charge in [-0.05, 0) is 19.4 Å². The lowest BCUT2D eigenvalue weighted by Gasteiger charge is -2.31. The summed E-state index contributed by atoms with van der Waals surface area (Å²) < 4.78 is 23.9. The van der Waals surface area contributed by atoms with Gasteiger partial charge in [0.05, 0.1) is 13.2 Å². The van der Waals surface area contributed by atoms with Crippen LogP contribution in [0, 0.1) is 0 Å². The summed E-state index contributed by atoms with van der Waals surface area (Å²) in [6, 6.07) is 7.96. The van der Waals surface area contributed by atoms with Gasteiger partial charge in [0.25, 0.3) is 0 Å². The van der Waals surface area contributed by atoms with Gasteiger partial charge in [0.1, 0.15) is 18.3 Å². The largest absolute Gasteiger partial charge is 0.394 e. The molecule has 108 valence electrons. The minimum Gasteiger partial charge on any atom is -0.394 e. The minimum atomic E-state index is -0.956. The molecule has 3 heterocycles. The molecule has 1 aromatic carbocycles. The van der Waals surface area contributed by atoms with Crippen LogP contribution in [0.15, 0.2) is 24.3 Å². The van der Waals surface area contributed by atoms with Gasteiger partial charge in [0.15, 0.2) is 5.79 Å². The molecule has 20 heavy (non-hydrogen) atoms. The molecule has 0 saturated carbocycles. The van der Waals surface area contributed by atoms with Crippen molar-refractivity contribution in [3.8, 4) is 0 Å². The lowest BCUT2D eigenvalue weighted by atomic mass is 9.96. The van der Waals surface area contributed by atoms with Crippen molar-refractivity contribution >= 4 is 0 Å². The van der Waals surface area contributed by atoms with Crippen LogP contribution in [-0.2, 0) is 31.3 Å². The van der Waals surface area contributed by atoms with E-state index in [1.807, 2.05) is 38.1 Å². The van der Waals surface area contributed by atoms with E-state index in [9.17, 15) is 5.11 Å². The molecule has 2 fully saturated rings. The predicted octanol–water partition coefficient (Wildman–Crippen LogP) is 1.28. The summed E-state index contributed by atoms with van der Waals surface area (Å²) in [5.74, 6) is -1.65. The number of hydrogen-bond acceptors (Lipinski definition) is 5. The highest BCUT2D eigenvalue weighted by Crippen LogP contribution is 2.53. The quantitative estimate of drug-likeness (QED) is 0.838. The highest BCUT2D eigenvalue weighted by Gasteiger charge is 2.66. The minimum absolute atomic E-state index is 0.117. The molecule has 3 aliphatic rings. The number of rotatable bonds is 1. The second-order valence-electron chi connectivity index (χ2n) is 5.97. The summed E-state index contributed by atoms with van der Waals surface area (Å²) in [5, 5.41) is 9.56. The standard InChI is InChI=1S/C15H18O5/c1-14(2)19-12-11(7-16)18-15(13(12)20-14)10-6-4-3-5-9(10)8-17-15/h3-6,11-13,16H,7-8H2,1-2H3/t11?,12-,13-,15?/m1/s1.